The molecule has 6 heteroatoms. The molecule has 0 aliphatic heterocycles. The molecule has 0 saturated heterocycles. The predicted molar refractivity (Wildman–Crippen MR) is 83.6 cm³/mol. The Morgan fingerprint density at radius 3 is 2.33 bits per heavy atom. The van der Waals surface area contributed by atoms with Gasteiger partial charge in [-0.1, -0.05) is 17.7 Å². The van der Waals surface area contributed by atoms with Crippen LogP contribution in [0.25, 0.3) is 0 Å². The van der Waals surface area contributed by atoms with Gasteiger partial charge in [0.1, 0.15) is 0 Å². The summed E-state index contributed by atoms with van der Waals surface area (Å²) in [5, 5.41) is 13.3. The minimum Gasteiger partial charge on any atom is -0.325 e. The standard InChI is InChI=1S/C15H14N2O3S/c1-11-2-4-12(5-3-11)16-15(18)10-21-14-8-6-13(7-9-14)17(19)20/h2-9H,10H2,1H3,(H,16,18). The lowest BCUT2D eigenvalue weighted by Gasteiger charge is -2.05. The molecule has 1 amide bonds. The average molecular weight is 302 g/mol. The van der Waals surface area contributed by atoms with Crippen LogP contribution in [-0.2, 0) is 4.79 Å². The monoisotopic (exact) mass is 302 g/mol. The lowest BCUT2D eigenvalue weighted by Crippen LogP contribution is -2.13. The molecule has 0 heterocycles. The average Bonchev–Trinajstić information content (AvgIpc) is 2.48. The van der Waals surface area contributed by atoms with Crippen LogP contribution in [0, 0.1) is 17.0 Å². The number of nitro groups is 1. The Balaban J connectivity index is 1.86. The van der Waals surface area contributed by atoms with Crippen molar-refractivity contribution in [2.45, 2.75) is 11.8 Å². The first-order valence-corrected chi connectivity index (χ1v) is 7.27. The molecule has 2 aromatic rings. The van der Waals surface area contributed by atoms with Gasteiger partial charge >= 0.3 is 0 Å². The number of thioether (sulfide) groups is 1. The highest BCUT2D eigenvalue weighted by molar-refractivity contribution is 8.00. The fraction of sp³-hybridized carbons (Fsp3) is 0.133. The highest BCUT2D eigenvalue weighted by Crippen LogP contribution is 2.21. The van der Waals surface area contributed by atoms with Crippen LogP contribution >= 0.6 is 11.8 Å². The molecule has 2 rings (SSSR count). The third-order valence-electron chi connectivity index (χ3n) is 2.75. The van der Waals surface area contributed by atoms with E-state index in [-0.39, 0.29) is 17.3 Å². The van der Waals surface area contributed by atoms with Crippen LogP contribution in [0.15, 0.2) is 53.4 Å². The zero-order chi connectivity index (χ0) is 15.2. The first-order valence-electron chi connectivity index (χ1n) is 6.28. The minimum absolute atomic E-state index is 0.0449. The SMILES string of the molecule is Cc1ccc(NC(=O)CSc2ccc([N+](=O)[O-])cc2)cc1. The van der Waals surface area contributed by atoms with Crippen LogP contribution in [0.1, 0.15) is 5.56 Å². The summed E-state index contributed by atoms with van der Waals surface area (Å²) in [6.07, 6.45) is 0. The van der Waals surface area contributed by atoms with E-state index < -0.39 is 4.92 Å². The van der Waals surface area contributed by atoms with Crippen molar-refractivity contribution in [2.24, 2.45) is 0 Å². The molecule has 108 valence electrons. The number of carbonyl (C=O) groups is 1. The molecule has 0 fully saturated rings. The molecular weight excluding hydrogens is 288 g/mol. The Morgan fingerprint density at radius 2 is 1.76 bits per heavy atom. The van der Waals surface area contributed by atoms with Gasteiger partial charge < -0.3 is 5.32 Å². The van der Waals surface area contributed by atoms with E-state index in [1.807, 2.05) is 31.2 Å². The summed E-state index contributed by atoms with van der Waals surface area (Å²) in [6.45, 7) is 1.98. The fourth-order valence-electron chi connectivity index (χ4n) is 1.65. The van der Waals surface area contributed by atoms with Crippen molar-refractivity contribution in [3.8, 4) is 0 Å². The molecule has 21 heavy (non-hydrogen) atoms. The summed E-state index contributed by atoms with van der Waals surface area (Å²) in [4.78, 5) is 22.7. The van der Waals surface area contributed by atoms with Gasteiger partial charge in [0.05, 0.1) is 10.7 Å². The molecule has 0 saturated carbocycles. The number of anilines is 1. The molecule has 0 atom stereocenters. The topological polar surface area (TPSA) is 72.2 Å². The van der Waals surface area contributed by atoms with E-state index >= 15 is 0 Å². The van der Waals surface area contributed by atoms with E-state index in [1.54, 1.807) is 12.1 Å². The minimum atomic E-state index is -0.446. The van der Waals surface area contributed by atoms with Crippen molar-refractivity contribution in [1.82, 2.24) is 0 Å². The quantitative estimate of drug-likeness (QED) is 0.520. The summed E-state index contributed by atoms with van der Waals surface area (Å²) in [6, 6.07) is 13.7. The van der Waals surface area contributed by atoms with Gasteiger partial charge in [0.2, 0.25) is 5.91 Å². The number of hydrogen-bond donors (Lipinski definition) is 1. The number of amides is 1. The molecular formula is C15H14N2O3S. The predicted octanol–water partition coefficient (Wildman–Crippen LogP) is 3.63. The molecule has 1 N–H and O–H groups in total. The zero-order valence-electron chi connectivity index (χ0n) is 11.4. The lowest BCUT2D eigenvalue weighted by molar-refractivity contribution is -0.384. The molecule has 0 aliphatic carbocycles. The fourth-order valence-corrected chi connectivity index (χ4v) is 2.35. The van der Waals surface area contributed by atoms with Crippen LogP contribution in [0.2, 0.25) is 0 Å². The first-order chi connectivity index (χ1) is 10.0. The first kappa shape index (κ1) is 15.1. The maximum Gasteiger partial charge on any atom is 0.269 e. The third kappa shape index (κ3) is 4.61. The second-order valence-electron chi connectivity index (χ2n) is 4.45. The van der Waals surface area contributed by atoms with Gasteiger partial charge in [-0.15, -0.1) is 11.8 Å². The van der Waals surface area contributed by atoms with Gasteiger partial charge in [0.15, 0.2) is 0 Å². The van der Waals surface area contributed by atoms with Crippen molar-refractivity contribution in [3.05, 3.63) is 64.2 Å². The van der Waals surface area contributed by atoms with Gasteiger partial charge in [-0.05, 0) is 31.2 Å². The van der Waals surface area contributed by atoms with E-state index in [4.69, 9.17) is 0 Å². The molecule has 2 aromatic carbocycles. The Bertz CT molecular complexity index is 639. The Hall–Kier alpha value is -2.34. The van der Waals surface area contributed by atoms with E-state index in [0.29, 0.717) is 0 Å². The Morgan fingerprint density at radius 1 is 1.14 bits per heavy atom. The molecule has 0 aromatic heterocycles. The molecule has 5 nitrogen and oxygen atoms in total. The van der Waals surface area contributed by atoms with E-state index in [0.717, 1.165) is 16.1 Å². The molecule has 0 aliphatic rings. The third-order valence-corrected chi connectivity index (χ3v) is 3.76. The van der Waals surface area contributed by atoms with Gasteiger partial charge in [0.25, 0.3) is 5.69 Å². The van der Waals surface area contributed by atoms with Crippen LogP contribution in [-0.4, -0.2) is 16.6 Å². The van der Waals surface area contributed by atoms with Crippen molar-refractivity contribution >= 4 is 29.0 Å². The lowest BCUT2D eigenvalue weighted by atomic mass is 10.2. The second-order valence-corrected chi connectivity index (χ2v) is 5.50. The van der Waals surface area contributed by atoms with Gasteiger partial charge in [0, 0.05) is 22.7 Å². The van der Waals surface area contributed by atoms with E-state index in [9.17, 15) is 14.9 Å². The molecule has 0 spiro atoms. The van der Waals surface area contributed by atoms with E-state index in [1.165, 1.54) is 23.9 Å². The van der Waals surface area contributed by atoms with Crippen molar-refractivity contribution < 1.29 is 9.72 Å². The molecule has 0 bridgehead atoms. The maximum atomic E-state index is 11.8. The van der Waals surface area contributed by atoms with Crippen LogP contribution < -0.4 is 5.32 Å². The number of benzene rings is 2. The van der Waals surface area contributed by atoms with Gasteiger partial charge in [-0.25, -0.2) is 0 Å². The van der Waals surface area contributed by atoms with Crippen molar-refractivity contribution in [1.29, 1.82) is 0 Å². The number of rotatable bonds is 5. The summed E-state index contributed by atoms with van der Waals surface area (Å²) < 4.78 is 0. The van der Waals surface area contributed by atoms with Crippen LogP contribution in [0.4, 0.5) is 11.4 Å². The second kappa shape index (κ2) is 6.90. The summed E-state index contributed by atoms with van der Waals surface area (Å²) in [5.74, 6) is 0.147. The summed E-state index contributed by atoms with van der Waals surface area (Å²) >= 11 is 1.34. The number of aryl methyl sites for hydroxylation is 1. The van der Waals surface area contributed by atoms with Crippen molar-refractivity contribution in [3.63, 3.8) is 0 Å². The highest BCUT2D eigenvalue weighted by Gasteiger charge is 2.06. The number of nitro benzene ring substituents is 1. The highest BCUT2D eigenvalue weighted by atomic mass is 32.2. The number of carbonyl (C=O) groups excluding carboxylic acids is 1. The van der Waals surface area contributed by atoms with Crippen LogP contribution in [0.3, 0.4) is 0 Å². The van der Waals surface area contributed by atoms with Crippen LogP contribution in [0.5, 0.6) is 0 Å². The number of hydrogen-bond acceptors (Lipinski definition) is 4. The molecule has 0 unspecified atom stereocenters. The Kier molecular flexibility index (Phi) is 4.94. The number of nitrogens with one attached hydrogen (secondary N) is 1. The smallest absolute Gasteiger partial charge is 0.269 e. The normalized spacial score (nSPS) is 10.1. The van der Waals surface area contributed by atoms with Crippen molar-refractivity contribution in [2.75, 3.05) is 11.1 Å². The number of nitrogens with zero attached hydrogens (tertiary/aromatic N) is 1. The van der Waals surface area contributed by atoms with Gasteiger partial charge in [-0.3, -0.25) is 14.9 Å². The Labute approximate surface area is 126 Å². The van der Waals surface area contributed by atoms with E-state index in [2.05, 4.69) is 5.32 Å². The van der Waals surface area contributed by atoms with Gasteiger partial charge in [-0.2, -0.15) is 0 Å². The molecule has 0 radical (unpaired) electrons. The zero-order valence-corrected chi connectivity index (χ0v) is 12.2. The summed E-state index contributed by atoms with van der Waals surface area (Å²) in [7, 11) is 0. The number of non-ortho nitro benzene ring substituents is 1. The largest absolute Gasteiger partial charge is 0.325 e. The maximum absolute atomic E-state index is 11.8. The summed E-state index contributed by atoms with van der Waals surface area (Å²) in [5.41, 5.74) is 1.94.